The quantitative estimate of drug-likeness (QED) is 0.917. The average Bonchev–Trinajstić information content (AvgIpc) is 2.79. The van der Waals surface area contributed by atoms with E-state index in [1.54, 1.807) is 28.9 Å². The summed E-state index contributed by atoms with van der Waals surface area (Å²) < 4.78 is 27.0. The molecular formula is C14H20N4O2S. The summed E-state index contributed by atoms with van der Waals surface area (Å²) in [4.78, 5) is 0.278. The first-order chi connectivity index (χ1) is 9.84. The predicted molar refractivity (Wildman–Crippen MR) is 83.2 cm³/mol. The van der Waals surface area contributed by atoms with Crippen LogP contribution in [0.5, 0.6) is 0 Å². The second-order valence-corrected chi connectivity index (χ2v) is 7.11. The number of hydrogen-bond acceptors (Lipinski definition) is 4. The van der Waals surface area contributed by atoms with Crippen molar-refractivity contribution >= 4 is 21.4 Å². The van der Waals surface area contributed by atoms with E-state index >= 15 is 0 Å². The van der Waals surface area contributed by atoms with Crippen LogP contribution >= 0.6 is 0 Å². The van der Waals surface area contributed by atoms with E-state index in [0.29, 0.717) is 0 Å². The van der Waals surface area contributed by atoms with Crippen LogP contribution in [-0.4, -0.2) is 36.6 Å². The van der Waals surface area contributed by atoms with Crippen molar-refractivity contribution in [3.63, 3.8) is 0 Å². The minimum atomic E-state index is -3.39. The Balaban J connectivity index is 2.24. The zero-order chi connectivity index (χ0) is 15.6. The Kier molecular flexibility index (Phi) is 4.34. The van der Waals surface area contributed by atoms with Gasteiger partial charge in [0.25, 0.3) is 0 Å². The molecule has 7 heteroatoms. The van der Waals surface area contributed by atoms with E-state index in [4.69, 9.17) is 0 Å². The van der Waals surface area contributed by atoms with Crippen LogP contribution < -0.4 is 5.32 Å². The first-order valence-electron chi connectivity index (χ1n) is 6.66. The van der Waals surface area contributed by atoms with Crippen molar-refractivity contribution in [1.29, 1.82) is 0 Å². The van der Waals surface area contributed by atoms with Gasteiger partial charge in [-0.1, -0.05) is 6.92 Å². The molecule has 1 heterocycles. The number of hydrogen-bond donors (Lipinski definition) is 1. The Morgan fingerprint density at radius 1 is 1.24 bits per heavy atom. The normalized spacial score (nSPS) is 11.9. The number of rotatable bonds is 5. The molecule has 0 aliphatic rings. The molecule has 0 saturated heterocycles. The van der Waals surface area contributed by atoms with Gasteiger partial charge in [-0.3, -0.25) is 4.68 Å². The molecule has 0 aliphatic carbocycles. The van der Waals surface area contributed by atoms with Crippen LogP contribution in [-0.2, 0) is 23.5 Å². The lowest BCUT2D eigenvalue weighted by Gasteiger charge is -2.12. The molecule has 1 aromatic heterocycles. The number of aryl methyl sites for hydroxylation is 2. The summed E-state index contributed by atoms with van der Waals surface area (Å²) in [5.41, 5.74) is 2.74. The summed E-state index contributed by atoms with van der Waals surface area (Å²) in [6, 6.07) is 6.70. The summed E-state index contributed by atoms with van der Waals surface area (Å²) >= 11 is 0. The highest BCUT2D eigenvalue weighted by Gasteiger charge is 2.16. The van der Waals surface area contributed by atoms with Crippen LogP contribution in [0.1, 0.15) is 12.6 Å². The van der Waals surface area contributed by atoms with Crippen molar-refractivity contribution in [2.75, 3.05) is 19.4 Å². The van der Waals surface area contributed by atoms with E-state index < -0.39 is 10.0 Å². The number of aromatic nitrogens is 2. The van der Waals surface area contributed by atoms with Crippen molar-refractivity contribution in [3.8, 4) is 0 Å². The van der Waals surface area contributed by atoms with Crippen LogP contribution in [0.3, 0.4) is 0 Å². The van der Waals surface area contributed by atoms with Crippen molar-refractivity contribution in [3.05, 3.63) is 36.2 Å². The van der Waals surface area contributed by atoms with Crippen molar-refractivity contribution < 1.29 is 8.42 Å². The van der Waals surface area contributed by atoms with Crippen LogP contribution in [0.15, 0.2) is 35.4 Å². The lowest BCUT2D eigenvalue weighted by molar-refractivity contribution is 0.521. The van der Waals surface area contributed by atoms with Crippen molar-refractivity contribution in [2.24, 2.45) is 7.05 Å². The van der Waals surface area contributed by atoms with Crippen LogP contribution in [0, 0.1) is 0 Å². The first-order valence-corrected chi connectivity index (χ1v) is 8.10. The van der Waals surface area contributed by atoms with E-state index in [0.717, 1.165) is 23.5 Å². The zero-order valence-electron chi connectivity index (χ0n) is 12.7. The smallest absolute Gasteiger partial charge is 0.242 e. The average molecular weight is 308 g/mol. The monoisotopic (exact) mass is 308 g/mol. The summed E-state index contributed by atoms with van der Waals surface area (Å²) in [5, 5.41) is 7.62. The molecule has 0 spiro atoms. The van der Waals surface area contributed by atoms with Gasteiger partial charge < -0.3 is 5.32 Å². The second-order valence-electron chi connectivity index (χ2n) is 4.95. The molecule has 0 bridgehead atoms. The van der Waals surface area contributed by atoms with Gasteiger partial charge in [0.15, 0.2) is 0 Å². The van der Waals surface area contributed by atoms with Gasteiger partial charge in [0.2, 0.25) is 10.0 Å². The van der Waals surface area contributed by atoms with Gasteiger partial charge in [-0.25, -0.2) is 12.7 Å². The number of benzene rings is 1. The van der Waals surface area contributed by atoms with E-state index in [2.05, 4.69) is 10.4 Å². The summed E-state index contributed by atoms with van der Waals surface area (Å²) in [7, 11) is 1.52. The van der Waals surface area contributed by atoms with Gasteiger partial charge in [0.05, 0.1) is 16.3 Å². The largest absolute Gasteiger partial charge is 0.353 e. The van der Waals surface area contributed by atoms with Crippen LogP contribution in [0.25, 0.3) is 0 Å². The number of anilines is 2. The molecule has 2 aromatic rings. The molecule has 0 atom stereocenters. The molecule has 0 amide bonds. The minimum Gasteiger partial charge on any atom is -0.353 e. The fourth-order valence-corrected chi connectivity index (χ4v) is 2.88. The Bertz CT molecular complexity index is 718. The highest BCUT2D eigenvalue weighted by Crippen LogP contribution is 2.22. The van der Waals surface area contributed by atoms with Gasteiger partial charge in [-0.15, -0.1) is 0 Å². The third-order valence-electron chi connectivity index (χ3n) is 3.15. The van der Waals surface area contributed by atoms with Crippen LogP contribution in [0.2, 0.25) is 0 Å². The maximum absolute atomic E-state index is 12.0. The van der Waals surface area contributed by atoms with E-state index in [-0.39, 0.29) is 4.90 Å². The third-order valence-corrected chi connectivity index (χ3v) is 4.98. The molecule has 1 aromatic carbocycles. The highest BCUT2D eigenvalue weighted by molar-refractivity contribution is 7.89. The molecule has 0 unspecified atom stereocenters. The standard InChI is InChI=1S/C14H20N4O2S/c1-5-13-14(10-18(4)16-13)15-11-6-8-12(9-7-11)21(19,20)17(2)3/h6-10,15H,5H2,1-4H3. The summed E-state index contributed by atoms with van der Waals surface area (Å²) in [6.45, 7) is 2.04. The van der Waals surface area contributed by atoms with Crippen molar-refractivity contribution in [2.45, 2.75) is 18.2 Å². The molecule has 0 aliphatic heterocycles. The lowest BCUT2D eigenvalue weighted by atomic mass is 10.2. The molecular weight excluding hydrogens is 288 g/mol. The molecule has 6 nitrogen and oxygen atoms in total. The predicted octanol–water partition coefficient (Wildman–Crippen LogP) is 1.98. The minimum absolute atomic E-state index is 0.278. The van der Waals surface area contributed by atoms with E-state index in [1.165, 1.54) is 18.4 Å². The van der Waals surface area contributed by atoms with E-state index in [9.17, 15) is 8.42 Å². The zero-order valence-corrected chi connectivity index (χ0v) is 13.5. The van der Waals surface area contributed by atoms with Gasteiger partial charge in [0.1, 0.15) is 0 Å². The number of nitrogens with one attached hydrogen (secondary N) is 1. The third kappa shape index (κ3) is 3.25. The highest BCUT2D eigenvalue weighted by atomic mass is 32.2. The topological polar surface area (TPSA) is 67.2 Å². The molecule has 0 radical (unpaired) electrons. The Labute approximate surface area is 125 Å². The van der Waals surface area contributed by atoms with Crippen molar-refractivity contribution in [1.82, 2.24) is 14.1 Å². The number of sulfonamides is 1. The fourth-order valence-electron chi connectivity index (χ4n) is 1.98. The molecule has 0 saturated carbocycles. The van der Waals surface area contributed by atoms with Gasteiger partial charge in [0, 0.05) is 33.0 Å². The molecule has 2 rings (SSSR count). The lowest BCUT2D eigenvalue weighted by Crippen LogP contribution is -2.22. The molecule has 114 valence electrons. The van der Waals surface area contributed by atoms with Gasteiger partial charge >= 0.3 is 0 Å². The van der Waals surface area contributed by atoms with Gasteiger partial charge in [-0.05, 0) is 30.7 Å². The Hall–Kier alpha value is -1.86. The van der Waals surface area contributed by atoms with E-state index in [1.807, 2.05) is 20.2 Å². The molecule has 1 N–H and O–H groups in total. The first kappa shape index (κ1) is 15.5. The van der Waals surface area contributed by atoms with Crippen LogP contribution in [0.4, 0.5) is 11.4 Å². The number of nitrogens with zero attached hydrogens (tertiary/aromatic N) is 3. The molecule has 0 fully saturated rings. The Morgan fingerprint density at radius 2 is 1.86 bits per heavy atom. The second kappa shape index (κ2) is 5.87. The SMILES string of the molecule is CCc1nn(C)cc1Nc1ccc(S(=O)(=O)N(C)C)cc1. The maximum Gasteiger partial charge on any atom is 0.242 e. The fraction of sp³-hybridized carbons (Fsp3) is 0.357. The summed E-state index contributed by atoms with van der Waals surface area (Å²) in [6.07, 6.45) is 2.74. The summed E-state index contributed by atoms with van der Waals surface area (Å²) in [5.74, 6) is 0. The molecule has 21 heavy (non-hydrogen) atoms. The Morgan fingerprint density at radius 3 is 2.38 bits per heavy atom. The maximum atomic E-state index is 12.0. The van der Waals surface area contributed by atoms with Gasteiger partial charge in [-0.2, -0.15) is 5.10 Å².